The summed E-state index contributed by atoms with van der Waals surface area (Å²) in [6.07, 6.45) is 1.42. The van der Waals surface area contributed by atoms with Gasteiger partial charge in [-0.15, -0.1) is 0 Å². The molecule has 168 valence electrons. The molecule has 32 heavy (non-hydrogen) atoms. The van der Waals surface area contributed by atoms with Crippen LogP contribution in [0.15, 0.2) is 83.6 Å². The first-order chi connectivity index (χ1) is 15.2. The first-order valence-corrected chi connectivity index (χ1v) is 11.1. The molecule has 1 aliphatic rings. The number of nitrogens with zero attached hydrogens (tertiary/aromatic N) is 1. The third-order valence-corrected chi connectivity index (χ3v) is 5.51. The first-order valence-electron chi connectivity index (χ1n) is 11.1. The van der Waals surface area contributed by atoms with Gasteiger partial charge in [0.1, 0.15) is 0 Å². The number of hydrogen-bond donors (Lipinski definition) is 2. The van der Waals surface area contributed by atoms with E-state index in [1.165, 1.54) is 6.08 Å². The Balaban J connectivity index is 2.25. The summed E-state index contributed by atoms with van der Waals surface area (Å²) in [7, 11) is 0. The molecule has 0 saturated heterocycles. The molecule has 1 heterocycles. The van der Waals surface area contributed by atoms with Crippen LogP contribution in [0.25, 0.3) is 0 Å². The lowest BCUT2D eigenvalue weighted by molar-refractivity contribution is -0.117. The Morgan fingerprint density at radius 1 is 1.00 bits per heavy atom. The summed E-state index contributed by atoms with van der Waals surface area (Å²) in [6, 6.07) is 18.0. The van der Waals surface area contributed by atoms with Crippen LogP contribution in [0, 0.1) is 5.92 Å². The average molecular weight is 433 g/mol. The van der Waals surface area contributed by atoms with Crippen LogP contribution >= 0.6 is 0 Å². The molecule has 3 rings (SSSR count). The quantitative estimate of drug-likeness (QED) is 0.502. The minimum atomic E-state index is -1.64. The van der Waals surface area contributed by atoms with Crippen LogP contribution in [0.5, 0.6) is 0 Å². The van der Waals surface area contributed by atoms with Crippen molar-refractivity contribution in [2.45, 2.75) is 46.4 Å². The standard InChI is InChI=1S/C27H32N2O3/c1-18(2)17-29-20(5)25(26(31)28-19(3)4)23(16-24(30)21-12-8-6-9-13-21)27(29,32)22-14-10-7-11-15-22/h6-16,18-19,32H,17H2,1-5H3,(H,28,31)/b23-16-. The Kier molecular flexibility index (Phi) is 6.99. The Labute approximate surface area is 190 Å². The predicted octanol–water partition coefficient (Wildman–Crippen LogP) is 4.41. The maximum Gasteiger partial charge on any atom is 0.253 e. The van der Waals surface area contributed by atoms with E-state index in [1.807, 2.05) is 62.1 Å². The van der Waals surface area contributed by atoms with E-state index in [4.69, 9.17) is 0 Å². The van der Waals surface area contributed by atoms with Gasteiger partial charge in [-0.05, 0) is 32.8 Å². The molecule has 5 heteroatoms. The Hall–Kier alpha value is -3.18. The van der Waals surface area contributed by atoms with Crippen molar-refractivity contribution in [2.24, 2.45) is 5.92 Å². The van der Waals surface area contributed by atoms with E-state index >= 15 is 0 Å². The van der Waals surface area contributed by atoms with Crippen molar-refractivity contribution in [3.63, 3.8) is 0 Å². The number of nitrogens with one attached hydrogen (secondary N) is 1. The maximum absolute atomic E-state index is 13.3. The van der Waals surface area contributed by atoms with Crippen LogP contribution in [0.2, 0.25) is 0 Å². The van der Waals surface area contributed by atoms with Gasteiger partial charge in [-0.25, -0.2) is 0 Å². The van der Waals surface area contributed by atoms with Crippen molar-refractivity contribution in [1.82, 2.24) is 10.2 Å². The van der Waals surface area contributed by atoms with E-state index in [-0.39, 0.29) is 23.7 Å². The zero-order valence-corrected chi connectivity index (χ0v) is 19.4. The average Bonchev–Trinajstić information content (AvgIpc) is 2.96. The smallest absolute Gasteiger partial charge is 0.253 e. The zero-order chi connectivity index (χ0) is 23.5. The lowest BCUT2D eigenvalue weighted by Crippen LogP contribution is -2.44. The molecule has 0 fully saturated rings. The molecule has 0 radical (unpaired) electrons. The van der Waals surface area contributed by atoms with Gasteiger partial charge in [0.25, 0.3) is 5.91 Å². The van der Waals surface area contributed by atoms with E-state index in [9.17, 15) is 14.7 Å². The van der Waals surface area contributed by atoms with Crippen molar-refractivity contribution in [3.8, 4) is 0 Å². The fourth-order valence-corrected chi connectivity index (χ4v) is 4.12. The van der Waals surface area contributed by atoms with E-state index < -0.39 is 5.72 Å². The number of amides is 1. The van der Waals surface area contributed by atoms with Gasteiger partial charge in [-0.2, -0.15) is 0 Å². The van der Waals surface area contributed by atoms with Gasteiger partial charge >= 0.3 is 0 Å². The summed E-state index contributed by atoms with van der Waals surface area (Å²) >= 11 is 0. The van der Waals surface area contributed by atoms with Gasteiger partial charge in [0.15, 0.2) is 11.5 Å². The first kappa shape index (κ1) is 23.5. The Bertz CT molecular complexity index is 1040. The second-order valence-corrected chi connectivity index (χ2v) is 8.92. The molecule has 2 N–H and O–H groups in total. The third kappa shape index (κ3) is 4.53. The molecule has 5 nitrogen and oxygen atoms in total. The monoisotopic (exact) mass is 432 g/mol. The van der Waals surface area contributed by atoms with Gasteiger partial charge in [0.2, 0.25) is 0 Å². The van der Waals surface area contributed by atoms with Crippen LogP contribution in [-0.2, 0) is 10.5 Å². The van der Waals surface area contributed by atoms with Crippen molar-refractivity contribution in [2.75, 3.05) is 6.54 Å². The molecule has 1 amide bonds. The molecule has 1 atom stereocenters. The van der Waals surface area contributed by atoms with E-state index in [0.717, 1.165) is 0 Å². The molecule has 1 unspecified atom stereocenters. The Morgan fingerprint density at radius 2 is 1.56 bits per heavy atom. The van der Waals surface area contributed by atoms with Crippen molar-refractivity contribution in [1.29, 1.82) is 0 Å². The van der Waals surface area contributed by atoms with Crippen LogP contribution in [0.4, 0.5) is 0 Å². The van der Waals surface area contributed by atoms with Crippen molar-refractivity contribution in [3.05, 3.63) is 94.7 Å². The highest BCUT2D eigenvalue weighted by atomic mass is 16.3. The predicted molar refractivity (Wildman–Crippen MR) is 127 cm³/mol. The molecule has 0 aliphatic carbocycles. The summed E-state index contributed by atoms with van der Waals surface area (Å²) in [6.45, 7) is 10.2. The fourth-order valence-electron chi connectivity index (χ4n) is 4.12. The minimum absolute atomic E-state index is 0.0853. The van der Waals surface area contributed by atoms with Crippen LogP contribution in [0.1, 0.15) is 50.5 Å². The van der Waals surface area contributed by atoms with Crippen LogP contribution in [-0.4, -0.2) is 34.3 Å². The van der Waals surface area contributed by atoms with Gasteiger partial charge < -0.3 is 15.3 Å². The van der Waals surface area contributed by atoms with E-state index in [0.29, 0.717) is 34.5 Å². The number of carbonyl (C=O) groups excluding carboxylic acids is 2. The van der Waals surface area contributed by atoms with Gasteiger partial charge in [0, 0.05) is 35.0 Å². The molecule has 0 saturated carbocycles. The van der Waals surface area contributed by atoms with Gasteiger partial charge in [0.05, 0.1) is 5.57 Å². The van der Waals surface area contributed by atoms with E-state index in [1.54, 1.807) is 24.3 Å². The number of benzene rings is 2. The summed E-state index contributed by atoms with van der Waals surface area (Å²) in [4.78, 5) is 28.3. The highest BCUT2D eigenvalue weighted by molar-refractivity contribution is 6.08. The number of ketones is 1. The van der Waals surface area contributed by atoms with Gasteiger partial charge in [-0.1, -0.05) is 74.5 Å². The normalized spacial score (nSPS) is 19.9. The highest BCUT2D eigenvalue weighted by Crippen LogP contribution is 2.47. The number of hydrogen-bond acceptors (Lipinski definition) is 4. The molecule has 1 aliphatic heterocycles. The summed E-state index contributed by atoms with van der Waals surface area (Å²) < 4.78 is 0. The second-order valence-electron chi connectivity index (χ2n) is 8.92. The molecule has 0 aromatic heterocycles. The lowest BCUT2D eigenvalue weighted by Gasteiger charge is -2.39. The topological polar surface area (TPSA) is 69.6 Å². The van der Waals surface area contributed by atoms with Gasteiger partial charge in [-0.3, -0.25) is 9.59 Å². The van der Waals surface area contributed by atoms with Crippen LogP contribution < -0.4 is 5.32 Å². The molecule has 2 aromatic rings. The lowest BCUT2D eigenvalue weighted by atomic mass is 9.89. The number of allylic oxidation sites excluding steroid dienone is 2. The number of aliphatic hydroxyl groups is 1. The third-order valence-electron chi connectivity index (χ3n) is 5.51. The summed E-state index contributed by atoms with van der Waals surface area (Å²) in [5, 5.41) is 15.2. The van der Waals surface area contributed by atoms with Crippen LogP contribution in [0.3, 0.4) is 0 Å². The summed E-state index contributed by atoms with van der Waals surface area (Å²) in [5.41, 5.74) is 0.765. The summed E-state index contributed by atoms with van der Waals surface area (Å²) in [5.74, 6) is -0.340. The minimum Gasteiger partial charge on any atom is -0.363 e. The molecular formula is C27H32N2O3. The SMILES string of the molecule is CC1=C(C(=O)NC(C)C)/C(=C/C(=O)c2ccccc2)C(O)(c2ccccc2)N1CC(C)C. The molecule has 2 aromatic carbocycles. The number of carbonyl (C=O) groups is 2. The van der Waals surface area contributed by atoms with Crippen molar-refractivity contribution < 1.29 is 14.7 Å². The molecule has 0 bridgehead atoms. The highest BCUT2D eigenvalue weighted by Gasteiger charge is 2.50. The fraction of sp³-hybridized carbons (Fsp3) is 0.333. The zero-order valence-electron chi connectivity index (χ0n) is 19.4. The molecule has 0 spiro atoms. The van der Waals surface area contributed by atoms with E-state index in [2.05, 4.69) is 19.2 Å². The number of rotatable bonds is 7. The second kappa shape index (κ2) is 9.53. The van der Waals surface area contributed by atoms with Crippen molar-refractivity contribution >= 4 is 11.7 Å². The largest absolute Gasteiger partial charge is 0.363 e. The molecular weight excluding hydrogens is 400 g/mol. The Morgan fingerprint density at radius 3 is 2.09 bits per heavy atom. The maximum atomic E-state index is 13.3.